The van der Waals surface area contributed by atoms with E-state index >= 15 is 0 Å². The van der Waals surface area contributed by atoms with Gasteiger partial charge in [-0.25, -0.2) is 0 Å². The molecule has 0 aliphatic carbocycles. The van der Waals surface area contributed by atoms with Gasteiger partial charge in [0.1, 0.15) is 0 Å². The van der Waals surface area contributed by atoms with Gasteiger partial charge in [0.2, 0.25) is 0 Å². The second-order valence-electron chi connectivity index (χ2n) is 5.06. The first kappa shape index (κ1) is 14.2. The molecule has 1 fully saturated rings. The fourth-order valence-electron chi connectivity index (χ4n) is 1.78. The Bertz CT molecular complexity index is 187. The van der Waals surface area contributed by atoms with Crippen molar-refractivity contribution in [2.24, 2.45) is 5.41 Å². The summed E-state index contributed by atoms with van der Waals surface area (Å²) in [5, 5.41) is 0. The van der Waals surface area contributed by atoms with Crippen molar-refractivity contribution < 1.29 is 13.6 Å². The number of rotatable bonds is 8. The second-order valence-corrected chi connectivity index (χ2v) is 7.10. The van der Waals surface area contributed by atoms with Gasteiger partial charge in [0.25, 0.3) is 0 Å². The van der Waals surface area contributed by atoms with Crippen molar-refractivity contribution in [2.75, 3.05) is 19.8 Å². The first-order valence-electron chi connectivity index (χ1n) is 6.46. The SMILES string of the molecule is CCC[SiH](OCC1(CC)COC1)OC(C)C. The fraction of sp³-hybridized carbons (Fsp3) is 1.00. The lowest BCUT2D eigenvalue weighted by molar-refractivity contribution is -0.136. The van der Waals surface area contributed by atoms with E-state index < -0.39 is 9.28 Å². The number of hydrogen-bond acceptors (Lipinski definition) is 3. The van der Waals surface area contributed by atoms with Crippen LogP contribution in [-0.2, 0) is 13.6 Å². The molecule has 0 radical (unpaired) electrons. The van der Waals surface area contributed by atoms with E-state index in [1.165, 1.54) is 0 Å². The Kier molecular flexibility index (Phi) is 5.96. The van der Waals surface area contributed by atoms with Crippen LogP contribution in [0, 0.1) is 5.41 Å². The maximum atomic E-state index is 6.03. The first-order valence-corrected chi connectivity index (χ1v) is 8.22. The molecule has 0 aromatic rings. The van der Waals surface area contributed by atoms with Crippen LogP contribution >= 0.6 is 0 Å². The molecule has 1 atom stereocenters. The van der Waals surface area contributed by atoms with E-state index in [9.17, 15) is 0 Å². The van der Waals surface area contributed by atoms with Gasteiger partial charge in [0.15, 0.2) is 0 Å². The maximum Gasteiger partial charge on any atom is 0.321 e. The molecule has 1 rings (SSSR count). The first-order chi connectivity index (χ1) is 7.62. The normalized spacial score (nSPS) is 20.8. The molecule has 1 saturated heterocycles. The quantitative estimate of drug-likeness (QED) is 0.616. The molecule has 0 amide bonds. The van der Waals surface area contributed by atoms with Crippen LogP contribution in [0.25, 0.3) is 0 Å². The monoisotopic (exact) mass is 246 g/mol. The Balaban J connectivity index is 2.30. The molecule has 4 heteroatoms. The third-order valence-corrected chi connectivity index (χ3v) is 5.53. The Labute approximate surface area is 101 Å². The van der Waals surface area contributed by atoms with Crippen LogP contribution in [0.3, 0.4) is 0 Å². The predicted molar refractivity (Wildman–Crippen MR) is 68.0 cm³/mol. The topological polar surface area (TPSA) is 27.7 Å². The zero-order valence-corrected chi connectivity index (χ0v) is 12.3. The zero-order valence-electron chi connectivity index (χ0n) is 11.1. The summed E-state index contributed by atoms with van der Waals surface area (Å²) in [5.41, 5.74) is 0.291. The molecule has 1 aliphatic rings. The molecule has 3 nitrogen and oxygen atoms in total. The van der Waals surface area contributed by atoms with Gasteiger partial charge in [0.05, 0.1) is 13.2 Å². The number of ether oxygens (including phenoxy) is 1. The lowest BCUT2D eigenvalue weighted by Crippen LogP contribution is -2.47. The Hall–Kier alpha value is 0.0969. The molecule has 1 aliphatic heterocycles. The van der Waals surface area contributed by atoms with Crippen molar-refractivity contribution in [1.29, 1.82) is 0 Å². The Morgan fingerprint density at radius 1 is 1.31 bits per heavy atom. The van der Waals surface area contributed by atoms with Gasteiger partial charge in [-0.05, 0) is 26.3 Å². The molecule has 0 saturated carbocycles. The molecule has 16 heavy (non-hydrogen) atoms. The van der Waals surface area contributed by atoms with Gasteiger partial charge in [-0.3, -0.25) is 0 Å². The largest absolute Gasteiger partial charge is 0.396 e. The summed E-state index contributed by atoms with van der Waals surface area (Å²) in [5.74, 6) is 0. The van der Waals surface area contributed by atoms with Crippen LogP contribution in [-0.4, -0.2) is 35.2 Å². The molecular formula is C12H26O3Si. The van der Waals surface area contributed by atoms with E-state index in [1.54, 1.807) is 0 Å². The number of hydrogen-bond donors (Lipinski definition) is 0. The summed E-state index contributed by atoms with van der Waals surface area (Å²) in [6, 6.07) is 1.11. The highest BCUT2D eigenvalue weighted by Gasteiger charge is 2.37. The van der Waals surface area contributed by atoms with Crippen molar-refractivity contribution in [3.05, 3.63) is 0 Å². The van der Waals surface area contributed by atoms with Crippen LogP contribution in [0.5, 0.6) is 0 Å². The Morgan fingerprint density at radius 2 is 2.00 bits per heavy atom. The summed E-state index contributed by atoms with van der Waals surface area (Å²) in [6.07, 6.45) is 2.58. The van der Waals surface area contributed by atoms with E-state index in [-0.39, 0.29) is 0 Å². The minimum atomic E-state index is -1.44. The zero-order chi connectivity index (χ0) is 12.0. The third-order valence-electron chi connectivity index (χ3n) is 3.09. The summed E-state index contributed by atoms with van der Waals surface area (Å²) < 4.78 is 17.2. The highest BCUT2D eigenvalue weighted by atomic mass is 28.3. The van der Waals surface area contributed by atoms with Crippen LogP contribution in [0.4, 0.5) is 0 Å². The molecule has 0 N–H and O–H groups in total. The van der Waals surface area contributed by atoms with Gasteiger partial charge in [-0.1, -0.05) is 20.3 Å². The lowest BCUT2D eigenvalue weighted by Gasteiger charge is -2.41. The minimum absolute atomic E-state index is 0.290. The minimum Gasteiger partial charge on any atom is -0.396 e. The van der Waals surface area contributed by atoms with Crippen LogP contribution < -0.4 is 0 Å². The van der Waals surface area contributed by atoms with E-state index in [1.807, 2.05) is 0 Å². The molecule has 96 valence electrons. The van der Waals surface area contributed by atoms with Crippen molar-refractivity contribution in [3.63, 3.8) is 0 Å². The summed E-state index contributed by atoms with van der Waals surface area (Å²) in [6.45, 7) is 11.1. The van der Waals surface area contributed by atoms with E-state index in [0.29, 0.717) is 11.5 Å². The average Bonchev–Trinajstić information content (AvgIpc) is 2.16. The molecule has 0 aromatic heterocycles. The summed E-state index contributed by atoms with van der Waals surface area (Å²) >= 11 is 0. The van der Waals surface area contributed by atoms with Gasteiger partial charge < -0.3 is 13.6 Å². The third kappa shape index (κ3) is 4.16. The van der Waals surface area contributed by atoms with Gasteiger partial charge in [0, 0.05) is 18.1 Å². The molecule has 0 spiro atoms. The molecular weight excluding hydrogens is 220 g/mol. The molecule has 1 unspecified atom stereocenters. The van der Waals surface area contributed by atoms with Crippen LogP contribution in [0.1, 0.15) is 40.5 Å². The smallest absolute Gasteiger partial charge is 0.321 e. The predicted octanol–water partition coefficient (Wildman–Crippen LogP) is 2.49. The van der Waals surface area contributed by atoms with E-state index in [4.69, 9.17) is 13.6 Å². The Morgan fingerprint density at radius 3 is 2.38 bits per heavy atom. The second kappa shape index (κ2) is 6.74. The van der Waals surface area contributed by atoms with Gasteiger partial charge >= 0.3 is 9.28 Å². The van der Waals surface area contributed by atoms with Crippen molar-refractivity contribution in [3.8, 4) is 0 Å². The lowest BCUT2D eigenvalue weighted by atomic mass is 9.84. The maximum absolute atomic E-state index is 6.03. The van der Waals surface area contributed by atoms with Crippen molar-refractivity contribution >= 4 is 9.28 Å². The summed E-state index contributed by atoms with van der Waals surface area (Å²) in [4.78, 5) is 0. The highest BCUT2D eigenvalue weighted by Crippen LogP contribution is 2.31. The van der Waals surface area contributed by atoms with Gasteiger partial charge in [-0.15, -0.1) is 0 Å². The highest BCUT2D eigenvalue weighted by molar-refractivity contribution is 6.44. The summed E-state index contributed by atoms with van der Waals surface area (Å²) in [7, 11) is -1.44. The van der Waals surface area contributed by atoms with Crippen LogP contribution in [0.2, 0.25) is 6.04 Å². The molecule has 1 heterocycles. The van der Waals surface area contributed by atoms with E-state index in [0.717, 1.165) is 38.7 Å². The molecule has 0 bridgehead atoms. The standard InChI is InChI=1S/C12H26O3Si/c1-5-7-16(15-11(3)4)14-10-12(6-2)8-13-9-12/h11,16H,5-10H2,1-4H3. The van der Waals surface area contributed by atoms with Crippen LogP contribution in [0.15, 0.2) is 0 Å². The van der Waals surface area contributed by atoms with E-state index in [2.05, 4.69) is 27.7 Å². The van der Waals surface area contributed by atoms with Crippen molar-refractivity contribution in [1.82, 2.24) is 0 Å². The molecule has 0 aromatic carbocycles. The fourth-order valence-corrected chi connectivity index (χ4v) is 3.78. The van der Waals surface area contributed by atoms with Gasteiger partial charge in [-0.2, -0.15) is 0 Å². The average molecular weight is 246 g/mol. The van der Waals surface area contributed by atoms with Crippen molar-refractivity contribution in [2.45, 2.75) is 52.7 Å².